The van der Waals surface area contributed by atoms with Gasteiger partial charge in [0.2, 0.25) is 0 Å². The molecule has 1 rings (SSSR count). The van der Waals surface area contributed by atoms with E-state index in [9.17, 15) is 8.42 Å². The van der Waals surface area contributed by atoms with Crippen molar-refractivity contribution in [2.75, 3.05) is 28.3 Å². The van der Waals surface area contributed by atoms with Crippen molar-refractivity contribution in [3.63, 3.8) is 0 Å². The van der Waals surface area contributed by atoms with Crippen molar-refractivity contribution in [3.05, 3.63) is 29.8 Å². The van der Waals surface area contributed by atoms with E-state index in [-0.39, 0.29) is 11.9 Å². The second-order valence-electron chi connectivity index (χ2n) is 7.58. The molecule has 0 fully saturated rings. The van der Waals surface area contributed by atoms with Gasteiger partial charge in [-0.25, -0.2) is 4.18 Å². The van der Waals surface area contributed by atoms with Gasteiger partial charge in [-0.2, -0.15) is 8.42 Å². The molecule has 1 aromatic rings. The Labute approximate surface area is 179 Å². The minimum Gasteiger partial charge on any atom is -0.362 e. The van der Waals surface area contributed by atoms with Crippen molar-refractivity contribution >= 4 is 10.4 Å². The number of unbranched alkanes of at least 4 members (excludes halogenated alkanes) is 9. The van der Waals surface area contributed by atoms with Crippen LogP contribution in [0.3, 0.4) is 0 Å². The molecule has 0 aliphatic rings. The van der Waals surface area contributed by atoms with Crippen LogP contribution < -0.4 is 10.3 Å². The molecule has 0 bridgehead atoms. The molecule has 0 aromatic heterocycles. The fraction of sp³-hybridized carbons (Fsp3) is 0.727. The molecule has 0 saturated heterocycles. The van der Waals surface area contributed by atoms with Crippen LogP contribution in [-0.2, 0) is 21.0 Å². The zero-order valence-electron chi connectivity index (χ0n) is 19.3. The second kappa shape index (κ2) is 18.9. The van der Waals surface area contributed by atoms with E-state index in [2.05, 4.69) is 11.1 Å². The zero-order valence-corrected chi connectivity index (χ0v) is 20.1. The average Bonchev–Trinajstić information content (AvgIpc) is 2.64. The molecule has 6 nitrogen and oxygen atoms in total. The Balaban J connectivity index is 0. The standard InChI is InChI=1S/C19H32O4S.C3H9N.H3N/c1-3-4-5-6-7-8-9-10-11-12-13-18-14-16-19(17-15-18)23-24(20,21)22-2;1-4(2)3;/h14-17H,3-13H2,1-2H3;1-3H3;1H3. The summed E-state index contributed by atoms with van der Waals surface area (Å²) in [6.45, 7) is 2.25. The highest BCUT2D eigenvalue weighted by molar-refractivity contribution is 7.82. The molecule has 1 aromatic carbocycles. The number of hydrogen-bond donors (Lipinski definition) is 1. The summed E-state index contributed by atoms with van der Waals surface area (Å²) < 4.78 is 31.4. The van der Waals surface area contributed by atoms with Gasteiger partial charge in [-0.15, -0.1) is 0 Å². The maximum Gasteiger partial charge on any atom is 0.448 e. The summed E-state index contributed by atoms with van der Waals surface area (Å²) in [5.74, 6) is 0.281. The predicted octanol–water partition coefficient (Wildman–Crippen LogP) is 5.76. The first kappa shape index (κ1) is 30.0. The van der Waals surface area contributed by atoms with Gasteiger partial charge in [-0.05, 0) is 51.7 Å². The van der Waals surface area contributed by atoms with Gasteiger partial charge in [0.15, 0.2) is 0 Å². The molecule has 29 heavy (non-hydrogen) atoms. The fourth-order valence-corrected chi connectivity index (χ4v) is 3.09. The molecule has 0 saturated carbocycles. The lowest BCUT2D eigenvalue weighted by Crippen LogP contribution is -2.10. The Morgan fingerprint density at radius 1 is 0.793 bits per heavy atom. The van der Waals surface area contributed by atoms with Crippen molar-refractivity contribution in [2.24, 2.45) is 0 Å². The van der Waals surface area contributed by atoms with Gasteiger partial charge in [0.1, 0.15) is 5.75 Å². The van der Waals surface area contributed by atoms with E-state index < -0.39 is 10.4 Å². The molecule has 0 unspecified atom stereocenters. The van der Waals surface area contributed by atoms with E-state index >= 15 is 0 Å². The molecule has 0 aliphatic heterocycles. The molecule has 7 heteroatoms. The summed E-state index contributed by atoms with van der Waals surface area (Å²) in [6, 6.07) is 7.16. The van der Waals surface area contributed by atoms with Gasteiger partial charge in [-0.1, -0.05) is 76.8 Å². The van der Waals surface area contributed by atoms with E-state index in [1.54, 1.807) is 12.1 Å². The van der Waals surface area contributed by atoms with Gasteiger partial charge in [0.25, 0.3) is 0 Å². The summed E-state index contributed by atoms with van der Waals surface area (Å²) >= 11 is 0. The second-order valence-corrected chi connectivity index (χ2v) is 8.89. The highest BCUT2D eigenvalue weighted by Gasteiger charge is 2.10. The van der Waals surface area contributed by atoms with Crippen LogP contribution in [0.5, 0.6) is 5.75 Å². The number of aryl methyl sites for hydroxylation is 1. The summed E-state index contributed by atoms with van der Waals surface area (Å²) in [5.41, 5.74) is 1.21. The van der Waals surface area contributed by atoms with Crippen molar-refractivity contribution < 1.29 is 16.8 Å². The average molecular weight is 433 g/mol. The van der Waals surface area contributed by atoms with Gasteiger partial charge in [0, 0.05) is 0 Å². The van der Waals surface area contributed by atoms with E-state index in [1.165, 1.54) is 69.8 Å². The normalized spacial score (nSPS) is 10.8. The maximum absolute atomic E-state index is 11.2. The lowest BCUT2D eigenvalue weighted by molar-refractivity contribution is 0.330. The van der Waals surface area contributed by atoms with Gasteiger partial charge < -0.3 is 15.2 Å². The van der Waals surface area contributed by atoms with E-state index in [4.69, 9.17) is 4.18 Å². The first-order valence-corrected chi connectivity index (χ1v) is 11.8. The molecule has 0 radical (unpaired) electrons. The topological polar surface area (TPSA) is 90.8 Å². The molecular weight excluding hydrogens is 388 g/mol. The highest BCUT2D eigenvalue weighted by Crippen LogP contribution is 2.17. The molecule has 0 atom stereocenters. The lowest BCUT2D eigenvalue weighted by atomic mass is 10.0. The van der Waals surface area contributed by atoms with Crippen molar-refractivity contribution in [3.8, 4) is 5.75 Å². The summed E-state index contributed by atoms with van der Waals surface area (Å²) in [6.07, 6.45) is 14.3. The number of benzene rings is 1. The predicted molar refractivity (Wildman–Crippen MR) is 123 cm³/mol. The fourth-order valence-electron chi connectivity index (χ4n) is 2.68. The van der Waals surface area contributed by atoms with Crippen molar-refractivity contribution in [1.82, 2.24) is 11.1 Å². The summed E-state index contributed by atoms with van der Waals surface area (Å²) in [4.78, 5) is 2.00. The monoisotopic (exact) mass is 432 g/mol. The van der Waals surface area contributed by atoms with E-state index in [0.29, 0.717) is 0 Å². The molecule has 0 amide bonds. The number of nitrogens with zero attached hydrogens (tertiary/aromatic N) is 1. The highest BCUT2D eigenvalue weighted by atomic mass is 32.3. The Hall–Kier alpha value is -1.15. The Morgan fingerprint density at radius 2 is 1.21 bits per heavy atom. The van der Waals surface area contributed by atoms with Crippen LogP contribution in [0.25, 0.3) is 0 Å². The first-order valence-electron chi connectivity index (χ1n) is 10.5. The van der Waals surface area contributed by atoms with E-state index in [1.807, 2.05) is 38.2 Å². The van der Waals surface area contributed by atoms with Crippen molar-refractivity contribution in [2.45, 2.75) is 77.6 Å². The summed E-state index contributed by atoms with van der Waals surface area (Å²) in [5, 5.41) is 0. The van der Waals surface area contributed by atoms with Crippen LogP contribution in [0.1, 0.15) is 76.7 Å². The number of hydrogen-bond acceptors (Lipinski definition) is 6. The van der Waals surface area contributed by atoms with Crippen LogP contribution in [0, 0.1) is 0 Å². The van der Waals surface area contributed by atoms with Gasteiger partial charge >= 0.3 is 10.4 Å². The first-order chi connectivity index (χ1) is 13.3. The number of rotatable bonds is 14. The van der Waals surface area contributed by atoms with Crippen LogP contribution in [0.4, 0.5) is 0 Å². The third kappa shape index (κ3) is 19.9. The molecular formula is C22H44N2O4S. The molecule has 0 spiro atoms. The third-order valence-electron chi connectivity index (χ3n) is 4.14. The van der Waals surface area contributed by atoms with Crippen LogP contribution in [-0.4, -0.2) is 41.6 Å². The molecule has 0 aliphatic carbocycles. The van der Waals surface area contributed by atoms with Crippen LogP contribution in [0.2, 0.25) is 0 Å². The van der Waals surface area contributed by atoms with Crippen LogP contribution in [0.15, 0.2) is 24.3 Å². The van der Waals surface area contributed by atoms with E-state index in [0.717, 1.165) is 13.5 Å². The SMILES string of the molecule is CCCCCCCCCCCCc1ccc(OS(=O)(=O)OC)cc1.CN(C)C.N. The summed E-state index contributed by atoms with van der Waals surface area (Å²) in [7, 11) is 3.16. The Kier molecular flexibility index (Phi) is 19.5. The lowest BCUT2D eigenvalue weighted by Gasteiger charge is -2.06. The van der Waals surface area contributed by atoms with Gasteiger partial charge in [0.05, 0.1) is 7.11 Å². The largest absolute Gasteiger partial charge is 0.448 e. The molecule has 172 valence electrons. The van der Waals surface area contributed by atoms with Crippen molar-refractivity contribution in [1.29, 1.82) is 0 Å². The smallest absolute Gasteiger partial charge is 0.362 e. The van der Waals surface area contributed by atoms with Crippen LogP contribution >= 0.6 is 0 Å². The quantitative estimate of drug-likeness (QED) is 0.376. The third-order valence-corrected chi connectivity index (χ3v) is 4.95. The van der Waals surface area contributed by atoms with Gasteiger partial charge in [-0.3, -0.25) is 0 Å². The Bertz CT molecular complexity index is 572. The minimum atomic E-state index is -3.92. The molecule has 0 heterocycles. The minimum absolute atomic E-state index is 0. The Morgan fingerprint density at radius 3 is 1.62 bits per heavy atom. The zero-order chi connectivity index (χ0) is 21.3. The maximum atomic E-state index is 11.2. The molecule has 3 N–H and O–H groups in total.